The molecule has 0 aliphatic carbocycles. The summed E-state index contributed by atoms with van der Waals surface area (Å²) in [6.07, 6.45) is -5.55. The molecule has 6 nitrogen and oxygen atoms in total. The van der Waals surface area contributed by atoms with Crippen LogP contribution in [-0.2, 0) is 11.0 Å². The SMILES string of the molecule is CC(=O)N1CCN(c2ccc(C(F)(F)F)cc2NCC(O)CO)CC1. The van der Waals surface area contributed by atoms with Gasteiger partial charge in [0, 0.05) is 39.6 Å². The highest BCUT2D eigenvalue weighted by Gasteiger charge is 2.32. The van der Waals surface area contributed by atoms with Crippen molar-refractivity contribution in [1.82, 2.24) is 4.90 Å². The van der Waals surface area contributed by atoms with Crippen molar-refractivity contribution in [3.63, 3.8) is 0 Å². The number of hydrogen-bond donors (Lipinski definition) is 3. The van der Waals surface area contributed by atoms with E-state index in [2.05, 4.69) is 5.32 Å². The van der Waals surface area contributed by atoms with Gasteiger partial charge in [-0.3, -0.25) is 4.79 Å². The number of alkyl halides is 3. The van der Waals surface area contributed by atoms with Crippen molar-refractivity contribution in [2.75, 3.05) is 49.5 Å². The lowest BCUT2D eigenvalue weighted by Gasteiger charge is -2.36. The monoisotopic (exact) mass is 361 g/mol. The van der Waals surface area contributed by atoms with Gasteiger partial charge in [0.15, 0.2) is 0 Å². The zero-order chi connectivity index (χ0) is 18.6. The van der Waals surface area contributed by atoms with Crippen LogP contribution >= 0.6 is 0 Å². The van der Waals surface area contributed by atoms with Gasteiger partial charge in [-0.2, -0.15) is 13.2 Å². The number of rotatable bonds is 5. The van der Waals surface area contributed by atoms with Crippen molar-refractivity contribution in [3.05, 3.63) is 23.8 Å². The van der Waals surface area contributed by atoms with E-state index in [4.69, 9.17) is 5.11 Å². The highest BCUT2D eigenvalue weighted by atomic mass is 19.4. The van der Waals surface area contributed by atoms with Gasteiger partial charge < -0.3 is 25.3 Å². The van der Waals surface area contributed by atoms with E-state index in [1.54, 1.807) is 4.90 Å². The number of carbonyl (C=O) groups is 1. The van der Waals surface area contributed by atoms with Gasteiger partial charge >= 0.3 is 6.18 Å². The van der Waals surface area contributed by atoms with E-state index in [-0.39, 0.29) is 18.1 Å². The van der Waals surface area contributed by atoms with E-state index in [0.717, 1.165) is 12.1 Å². The Morgan fingerprint density at radius 3 is 2.44 bits per heavy atom. The predicted octanol–water partition coefficient (Wildman–Crippen LogP) is 1.14. The van der Waals surface area contributed by atoms with E-state index in [1.807, 2.05) is 4.90 Å². The summed E-state index contributed by atoms with van der Waals surface area (Å²) in [6, 6.07) is 3.40. The highest BCUT2D eigenvalue weighted by molar-refractivity contribution is 5.75. The van der Waals surface area contributed by atoms with Gasteiger partial charge in [0.25, 0.3) is 0 Å². The first kappa shape index (κ1) is 19.3. The first-order chi connectivity index (χ1) is 11.7. The van der Waals surface area contributed by atoms with Crippen LogP contribution in [0.2, 0.25) is 0 Å². The third kappa shape index (κ3) is 4.99. The lowest BCUT2D eigenvalue weighted by atomic mass is 10.1. The molecule has 1 aliphatic heterocycles. The maximum absolute atomic E-state index is 13.0. The lowest BCUT2D eigenvalue weighted by molar-refractivity contribution is -0.137. The standard InChI is InChI=1S/C16H22F3N3O3/c1-11(24)21-4-6-22(7-5-21)15-3-2-12(16(17,18)19)8-14(15)20-9-13(25)10-23/h2-3,8,13,20,23,25H,4-7,9-10H2,1H3. The van der Waals surface area contributed by atoms with Crippen molar-refractivity contribution in [1.29, 1.82) is 0 Å². The molecule has 0 saturated carbocycles. The summed E-state index contributed by atoms with van der Waals surface area (Å²) >= 11 is 0. The van der Waals surface area contributed by atoms with Crippen molar-refractivity contribution in [2.24, 2.45) is 0 Å². The van der Waals surface area contributed by atoms with Crippen molar-refractivity contribution in [3.8, 4) is 0 Å². The van der Waals surface area contributed by atoms with Crippen LogP contribution in [0.15, 0.2) is 18.2 Å². The molecule has 0 radical (unpaired) electrons. The molecule has 1 saturated heterocycles. The van der Waals surface area contributed by atoms with Crippen molar-refractivity contribution >= 4 is 17.3 Å². The fourth-order valence-corrected chi connectivity index (χ4v) is 2.68. The third-order valence-electron chi connectivity index (χ3n) is 4.13. The van der Waals surface area contributed by atoms with Gasteiger partial charge in [-0.25, -0.2) is 0 Å². The normalized spacial score (nSPS) is 16.7. The summed E-state index contributed by atoms with van der Waals surface area (Å²) in [5.41, 5.74) is 0.0135. The average Bonchev–Trinajstić information content (AvgIpc) is 2.58. The summed E-state index contributed by atoms with van der Waals surface area (Å²) in [5, 5.41) is 21.1. The van der Waals surface area contributed by atoms with E-state index in [0.29, 0.717) is 31.9 Å². The molecular weight excluding hydrogens is 339 g/mol. The zero-order valence-electron chi connectivity index (χ0n) is 13.9. The van der Waals surface area contributed by atoms with Gasteiger partial charge in [-0.15, -0.1) is 0 Å². The number of benzene rings is 1. The summed E-state index contributed by atoms with van der Waals surface area (Å²) in [7, 11) is 0. The lowest BCUT2D eigenvalue weighted by Crippen LogP contribution is -2.48. The van der Waals surface area contributed by atoms with Crippen LogP contribution in [-0.4, -0.2) is 66.5 Å². The maximum Gasteiger partial charge on any atom is 0.416 e. The Morgan fingerprint density at radius 2 is 1.92 bits per heavy atom. The molecule has 1 aliphatic rings. The largest absolute Gasteiger partial charge is 0.416 e. The van der Waals surface area contributed by atoms with E-state index >= 15 is 0 Å². The average molecular weight is 361 g/mol. The van der Waals surface area contributed by atoms with Gasteiger partial charge in [-0.1, -0.05) is 0 Å². The molecule has 1 heterocycles. The topological polar surface area (TPSA) is 76.0 Å². The second-order valence-electron chi connectivity index (χ2n) is 5.94. The molecule has 3 N–H and O–H groups in total. The van der Waals surface area contributed by atoms with Crippen LogP contribution < -0.4 is 10.2 Å². The molecule has 25 heavy (non-hydrogen) atoms. The summed E-state index contributed by atoms with van der Waals surface area (Å²) in [4.78, 5) is 15.0. The Morgan fingerprint density at radius 1 is 1.28 bits per heavy atom. The van der Waals surface area contributed by atoms with Crippen LogP contribution in [0.3, 0.4) is 0 Å². The summed E-state index contributed by atoms with van der Waals surface area (Å²) in [6.45, 7) is 2.92. The number of amides is 1. The molecule has 1 fully saturated rings. The van der Waals surface area contributed by atoms with Crippen molar-refractivity contribution in [2.45, 2.75) is 19.2 Å². The van der Waals surface area contributed by atoms with Gasteiger partial charge in [-0.05, 0) is 18.2 Å². The quantitative estimate of drug-likeness (QED) is 0.733. The fraction of sp³-hybridized carbons (Fsp3) is 0.562. The molecule has 0 bridgehead atoms. The molecule has 1 amide bonds. The summed E-state index contributed by atoms with van der Waals surface area (Å²) < 4.78 is 38.9. The third-order valence-corrected chi connectivity index (χ3v) is 4.13. The molecule has 1 unspecified atom stereocenters. The van der Waals surface area contributed by atoms with Crippen LogP contribution in [0.1, 0.15) is 12.5 Å². The number of nitrogens with zero attached hydrogens (tertiary/aromatic N) is 2. The van der Waals surface area contributed by atoms with Crippen LogP contribution in [0.25, 0.3) is 0 Å². The zero-order valence-corrected chi connectivity index (χ0v) is 13.9. The first-order valence-corrected chi connectivity index (χ1v) is 7.97. The minimum Gasteiger partial charge on any atom is -0.394 e. The van der Waals surface area contributed by atoms with Gasteiger partial charge in [0.2, 0.25) is 5.91 Å². The molecule has 9 heteroatoms. The highest BCUT2D eigenvalue weighted by Crippen LogP contribution is 2.35. The van der Waals surface area contributed by atoms with Crippen LogP contribution in [0, 0.1) is 0 Å². The Bertz CT molecular complexity index is 602. The van der Waals surface area contributed by atoms with E-state index in [1.165, 1.54) is 13.0 Å². The maximum atomic E-state index is 13.0. The van der Waals surface area contributed by atoms with Crippen LogP contribution in [0.5, 0.6) is 0 Å². The number of aliphatic hydroxyl groups excluding tert-OH is 2. The molecule has 140 valence electrons. The molecule has 0 spiro atoms. The second-order valence-corrected chi connectivity index (χ2v) is 5.94. The first-order valence-electron chi connectivity index (χ1n) is 7.97. The Labute approximate surface area is 143 Å². The van der Waals surface area contributed by atoms with E-state index < -0.39 is 24.5 Å². The smallest absolute Gasteiger partial charge is 0.394 e. The van der Waals surface area contributed by atoms with Gasteiger partial charge in [0.05, 0.1) is 29.6 Å². The number of hydrogen-bond acceptors (Lipinski definition) is 5. The molecular formula is C16H22F3N3O3. The molecule has 1 atom stereocenters. The number of anilines is 2. The fourth-order valence-electron chi connectivity index (χ4n) is 2.68. The number of halogens is 3. The van der Waals surface area contributed by atoms with Crippen molar-refractivity contribution < 1.29 is 28.2 Å². The number of carbonyl (C=O) groups excluding carboxylic acids is 1. The number of aliphatic hydroxyl groups is 2. The van der Waals surface area contributed by atoms with Crippen LogP contribution in [0.4, 0.5) is 24.5 Å². The predicted molar refractivity (Wildman–Crippen MR) is 87.5 cm³/mol. The number of piperazine rings is 1. The molecule has 1 aromatic rings. The molecule has 0 aromatic heterocycles. The molecule has 2 rings (SSSR count). The number of nitrogens with one attached hydrogen (secondary N) is 1. The van der Waals surface area contributed by atoms with Gasteiger partial charge in [0.1, 0.15) is 0 Å². The Balaban J connectivity index is 2.22. The minimum atomic E-state index is -4.47. The minimum absolute atomic E-state index is 0.0310. The Hall–Kier alpha value is -2.00. The molecule has 1 aromatic carbocycles. The summed E-state index contributed by atoms with van der Waals surface area (Å²) in [5.74, 6) is -0.0310. The van der Waals surface area contributed by atoms with E-state index in [9.17, 15) is 23.1 Å². The Kier molecular flexibility index (Phi) is 6.12. The second kappa shape index (κ2) is 7.92.